The summed E-state index contributed by atoms with van der Waals surface area (Å²) < 4.78 is 5.28. The third kappa shape index (κ3) is 5.81. The van der Waals surface area contributed by atoms with Crippen molar-refractivity contribution in [3.05, 3.63) is 88.1 Å². The highest BCUT2D eigenvalue weighted by Crippen LogP contribution is 2.18. The van der Waals surface area contributed by atoms with Crippen molar-refractivity contribution in [3.8, 4) is 5.75 Å². The molecule has 0 fully saturated rings. The number of rotatable bonds is 8. The first-order chi connectivity index (χ1) is 13.7. The molecule has 0 amide bonds. The van der Waals surface area contributed by atoms with Gasteiger partial charge in [-0.2, -0.15) is 0 Å². The summed E-state index contributed by atoms with van der Waals surface area (Å²) in [5.41, 5.74) is 2.43. The van der Waals surface area contributed by atoms with Gasteiger partial charge in [0.05, 0.1) is 7.11 Å². The number of nitrogens with one attached hydrogen (secondary N) is 1. The SMILES string of the molecule is COc1ccc(CN(C(=S)NCc2ccccc2)[C@H](C)Cc2cccs2)cc1. The number of ether oxygens (including phenoxy) is 1. The molecule has 0 bridgehead atoms. The molecule has 3 rings (SSSR count). The second kappa shape index (κ2) is 10.2. The number of hydrogen-bond acceptors (Lipinski definition) is 3. The van der Waals surface area contributed by atoms with Crippen LogP contribution in [0, 0.1) is 0 Å². The van der Waals surface area contributed by atoms with Crippen LogP contribution < -0.4 is 10.1 Å². The topological polar surface area (TPSA) is 24.5 Å². The first-order valence-corrected chi connectivity index (χ1v) is 10.7. The molecule has 0 unspecified atom stereocenters. The summed E-state index contributed by atoms with van der Waals surface area (Å²) in [5.74, 6) is 0.867. The number of methoxy groups -OCH3 is 1. The maximum atomic E-state index is 5.79. The average Bonchev–Trinajstić information content (AvgIpc) is 3.24. The number of thiocarbonyl (C=S) groups is 1. The zero-order chi connectivity index (χ0) is 19.8. The van der Waals surface area contributed by atoms with E-state index in [0.717, 1.165) is 30.4 Å². The van der Waals surface area contributed by atoms with Crippen LogP contribution in [0.5, 0.6) is 5.75 Å². The van der Waals surface area contributed by atoms with Crippen molar-refractivity contribution in [1.82, 2.24) is 10.2 Å². The summed E-state index contributed by atoms with van der Waals surface area (Å²) in [5, 5.41) is 6.35. The van der Waals surface area contributed by atoms with Crippen LogP contribution in [-0.4, -0.2) is 23.2 Å². The quantitative estimate of drug-likeness (QED) is 0.512. The molecule has 28 heavy (non-hydrogen) atoms. The molecular weight excluding hydrogens is 384 g/mol. The lowest BCUT2D eigenvalue weighted by atomic mass is 10.1. The first-order valence-electron chi connectivity index (χ1n) is 9.39. The molecule has 2 aromatic carbocycles. The Kier molecular flexibility index (Phi) is 7.46. The summed E-state index contributed by atoms with van der Waals surface area (Å²) in [7, 11) is 1.69. The highest BCUT2D eigenvalue weighted by molar-refractivity contribution is 7.80. The molecule has 3 nitrogen and oxygen atoms in total. The van der Waals surface area contributed by atoms with Crippen molar-refractivity contribution in [2.45, 2.75) is 32.5 Å². The maximum Gasteiger partial charge on any atom is 0.169 e. The fraction of sp³-hybridized carbons (Fsp3) is 0.261. The second-order valence-electron chi connectivity index (χ2n) is 6.75. The number of nitrogens with zero attached hydrogens (tertiary/aromatic N) is 1. The van der Waals surface area contributed by atoms with Crippen LogP contribution >= 0.6 is 23.6 Å². The number of thiophene rings is 1. The van der Waals surface area contributed by atoms with E-state index in [1.54, 1.807) is 18.4 Å². The van der Waals surface area contributed by atoms with E-state index < -0.39 is 0 Å². The van der Waals surface area contributed by atoms with Crippen molar-refractivity contribution in [3.63, 3.8) is 0 Å². The smallest absolute Gasteiger partial charge is 0.169 e. The molecule has 1 heterocycles. The van der Waals surface area contributed by atoms with Crippen LogP contribution in [0.2, 0.25) is 0 Å². The molecule has 1 atom stereocenters. The van der Waals surface area contributed by atoms with Gasteiger partial charge in [0.25, 0.3) is 0 Å². The molecule has 146 valence electrons. The molecule has 3 aromatic rings. The van der Waals surface area contributed by atoms with Gasteiger partial charge in [-0.1, -0.05) is 48.5 Å². The van der Waals surface area contributed by atoms with Crippen molar-refractivity contribution < 1.29 is 4.74 Å². The van der Waals surface area contributed by atoms with Crippen LogP contribution in [0.15, 0.2) is 72.1 Å². The largest absolute Gasteiger partial charge is 0.497 e. The minimum absolute atomic E-state index is 0.288. The lowest BCUT2D eigenvalue weighted by molar-refractivity contribution is 0.317. The Morgan fingerprint density at radius 1 is 1.04 bits per heavy atom. The lowest BCUT2D eigenvalue weighted by Gasteiger charge is -2.32. The predicted octanol–water partition coefficient (Wildman–Crippen LogP) is 5.26. The van der Waals surface area contributed by atoms with Crippen LogP contribution in [0.4, 0.5) is 0 Å². The van der Waals surface area contributed by atoms with Gasteiger partial charge in [-0.25, -0.2) is 0 Å². The molecule has 1 aromatic heterocycles. The van der Waals surface area contributed by atoms with E-state index in [4.69, 9.17) is 17.0 Å². The highest BCUT2D eigenvalue weighted by Gasteiger charge is 2.18. The van der Waals surface area contributed by atoms with Crippen LogP contribution in [0.1, 0.15) is 22.9 Å². The van der Waals surface area contributed by atoms with Crippen molar-refractivity contribution in [2.75, 3.05) is 7.11 Å². The molecule has 0 saturated heterocycles. The van der Waals surface area contributed by atoms with Gasteiger partial charge in [-0.05, 0) is 53.8 Å². The molecule has 0 radical (unpaired) electrons. The van der Waals surface area contributed by atoms with Gasteiger partial charge in [-0.3, -0.25) is 0 Å². The zero-order valence-corrected chi connectivity index (χ0v) is 17.9. The van der Waals surface area contributed by atoms with Crippen molar-refractivity contribution in [2.24, 2.45) is 0 Å². The van der Waals surface area contributed by atoms with Gasteiger partial charge in [0.2, 0.25) is 0 Å². The third-order valence-electron chi connectivity index (χ3n) is 4.67. The monoisotopic (exact) mass is 410 g/mol. The third-order valence-corrected chi connectivity index (χ3v) is 5.95. The molecule has 5 heteroatoms. The highest BCUT2D eigenvalue weighted by atomic mass is 32.1. The summed E-state index contributed by atoms with van der Waals surface area (Å²) in [6.07, 6.45) is 0.973. The van der Waals surface area contributed by atoms with Crippen LogP contribution in [-0.2, 0) is 19.5 Å². The second-order valence-corrected chi connectivity index (χ2v) is 8.17. The molecule has 0 spiro atoms. The Bertz CT molecular complexity index is 848. The van der Waals surface area contributed by atoms with Crippen molar-refractivity contribution in [1.29, 1.82) is 0 Å². The molecule has 1 N–H and O–H groups in total. The Hall–Kier alpha value is -2.37. The average molecular weight is 411 g/mol. The van der Waals surface area contributed by atoms with E-state index in [1.165, 1.54) is 16.0 Å². The van der Waals surface area contributed by atoms with E-state index in [1.807, 2.05) is 18.2 Å². The van der Waals surface area contributed by atoms with Gasteiger partial charge in [-0.15, -0.1) is 11.3 Å². The molecule has 0 aliphatic rings. The summed E-state index contributed by atoms with van der Waals surface area (Å²) >= 11 is 7.58. The van der Waals surface area contributed by atoms with Gasteiger partial charge in [0.15, 0.2) is 5.11 Å². The molecule has 0 aliphatic heterocycles. The molecule has 0 aliphatic carbocycles. The minimum atomic E-state index is 0.288. The van der Waals surface area contributed by atoms with E-state index >= 15 is 0 Å². The van der Waals surface area contributed by atoms with E-state index in [2.05, 4.69) is 71.1 Å². The Balaban J connectivity index is 1.71. The van der Waals surface area contributed by atoms with Gasteiger partial charge < -0.3 is 15.0 Å². The Morgan fingerprint density at radius 2 is 1.79 bits per heavy atom. The number of hydrogen-bond donors (Lipinski definition) is 1. The minimum Gasteiger partial charge on any atom is -0.497 e. The first kappa shape index (κ1) is 20.4. The van der Waals surface area contributed by atoms with Gasteiger partial charge in [0, 0.05) is 30.4 Å². The summed E-state index contributed by atoms with van der Waals surface area (Å²) in [6, 6.07) is 23.1. The Labute approximate surface area is 177 Å². The Morgan fingerprint density at radius 3 is 2.43 bits per heavy atom. The lowest BCUT2D eigenvalue weighted by Crippen LogP contribution is -2.44. The maximum absolute atomic E-state index is 5.79. The number of benzene rings is 2. The standard InChI is InChI=1S/C23H26N2OS2/c1-18(15-22-9-6-14-28-22)25(17-20-10-12-21(26-2)13-11-20)23(27)24-16-19-7-4-3-5-8-19/h3-14,18H,15-17H2,1-2H3,(H,24,27)/t18-/m1/s1. The van der Waals surface area contributed by atoms with Crippen LogP contribution in [0.25, 0.3) is 0 Å². The fourth-order valence-corrected chi connectivity index (χ4v) is 4.20. The van der Waals surface area contributed by atoms with Crippen molar-refractivity contribution >= 4 is 28.7 Å². The predicted molar refractivity (Wildman–Crippen MR) is 122 cm³/mol. The van der Waals surface area contributed by atoms with E-state index in [0.29, 0.717) is 0 Å². The van der Waals surface area contributed by atoms with Crippen LogP contribution in [0.3, 0.4) is 0 Å². The summed E-state index contributed by atoms with van der Waals surface area (Å²) in [4.78, 5) is 3.65. The zero-order valence-electron chi connectivity index (χ0n) is 16.3. The molecular formula is C23H26N2OS2. The van der Waals surface area contributed by atoms with E-state index in [9.17, 15) is 0 Å². The van der Waals surface area contributed by atoms with E-state index in [-0.39, 0.29) is 6.04 Å². The molecule has 0 saturated carbocycles. The van der Waals surface area contributed by atoms with Gasteiger partial charge >= 0.3 is 0 Å². The fourth-order valence-electron chi connectivity index (χ4n) is 3.06. The summed E-state index contributed by atoms with van der Waals surface area (Å²) in [6.45, 7) is 3.72. The normalized spacial score (nSPS) is 11.6. The van der Waals surface area contributed by atoms with Gasteiger partial charge in [0.1, 0.15) is 5.75 Å².